The Bertz CT molecular complexity index is 1300. The van der Waals surface area contributed by atoms with Crippen LogP contribution in [0.4, 0.5) is 0 Å². The predicted molar refractivity (Wildman–Crippen MR) is 119 cm³/mol. The number of fused-ring (bicyclic) bond motifs is 3. The molecule has 31 heavy (non-hydrogen) atoms. The summed E-state index contributed by atoms with van der Waals surface area (Å²) in [5, 5.41) is 0. The van der Waals surface area contributed by atoms with E-state index in [1.165, 1.54) is 19.3 Å². The van der Waals surface area contributed by atoms with Crippen molar-refractivity contribution in [3.8, 4) is 0 Å². The minimum absolute atomic E-state index is 0.0792. The van der Waals surface area contributed by atoms with Crippen LogP contribution in [0.25, 0.3) is 16.6 Å². The molecule has 1 saturated carbocycles. The number of rotatable bonds is 4. The van der Waals surface area contributed by atoms with Gasteiger partial charge in [0.2, 0.25) is 0 Å². The van der Waals surface area contributed by atoms with Crippen molar-refractivity contribution < 1.29 is 4.79 Å². The molecule has 5 rings (SSSR count). The predicted octanol–water partition coefficient (Wildman–Crippen LogP) is 3.89. The molecule has 1 aromatic carbocycles. The number of aromatic amines is 1. The van der Waals surface area contributed by atoms with Crippen molar-refractivity contribution in [2.24, 2.45) is 0 Å². The molecule has 0 bridgehead atoms. The number of benzene rings is 1. The Morgan fingerprint density at radius 3 is 2.77 bits per heavy atom. The fraction of sp³-hybridized carbons (Fsp3) is 0.333. The highest BCUT2D eigenvalue weighted by Gasteiger charge is 2.22. The highest BCUT2D eigenvalue weighted by Crippen LogP contribution is 2.33. The van der Waals surface area contributed by atoms with Crippen molar-refractivity contribution in [1.82, 2.24) is 24.3 Å². The van der Waals surface area contributed by atoms with Gasteiger partial charge in [0.25, 0.3) is 11.5 Å². The van der Waals surface area contributed by atoms with Crippen LogP contribution in [-0.2, 0) is 6.54 Å². The van der Waals surface area contributed by atoms with E-state index in [1.54, 1.807) is 36.6 Å². The number of aromatic nitrogens is 4. The number of nitrogens with one attached hydrogen (secondary N) is 1. The average Bonchev–Trinajstić information content (AvgIpc) is 3.26. The number of imidazole rings is 1. The molecule has 1 N–H and O–H groups in total. The molecule has 1 fully saturated rings. The van der Waals surface area contributed by atoms with Crippen LogP contribution in [0.3, 0.4) is 0 Å². The third-order valence-corrected chi connectivity index (χ3v) is 6.22. The molecule has 4 aromatic rings. The molecule has 0 spiro atoms. The summed E-state index contributed by atoms with van der Waals surface area (Å²) in [6.07, 6.45) is 10.9. The summed E-state index contributed by atoms with van der Waals surface area (Å²) in [6, 6.07) is 9.26. The molecular formula is C24H25N5O2. The summed E-state index contributed by atoms with van der Waals surface area (Å²) < 4.78 is 1.96. The molecule has 1 aliphatic carbocycles. The second kappa shape index (κ2) is 7.98. The summed E-state index contributed by atoms with van der Waals surface area (Å²) in [4.78, 5) is 39.1. The molecule has 0 unspecified atom stereocenters. The molecule has 0 atom stereocenters. The number of nitrogens with zero attached hydrogens (tertiary/aromatic N) is 4. The Kier molecular flexibility index (Phi) is 5.02. The van der Waals surface area contributed by atoms with Gasteiger partial charge in [0.1, 0.15) is 11.3 Å². The van der Waals surface area contributed by atoms with Gasteiger partial charge in [-0.05, 0) is 42.7 Å². The number of carbonyl (C=O) groups is 1. The van der Waals surface area contributed by atoms with Crippen LogP contribution in [0.5, 0.6) is 0 Å². The first kappa shape index (κ1) is 19.5. The summed E-state index contributed by atoms with van der Waals surface area (Å²) in [7, 11) is 1.78. The Labute approximate surface area is 179 Å². The number of amides is 1. The first-order valence-electron chi connectivity index (χ1n) is 10.8. The van der Waals surface area contributed by atoms with Gasteiger partial charge in [-0.2, -0.15) is 0 Å². The number of pyridine rings is 1. The SMILES string of the molecule is CN(Cc1cccnc1)C(=O)c1ccc2[nH]c(=O)c3cnc(C4CCCCC4)n3c2c1. The quantitative estimate of drug-likeness (QED) is 0.548. The molecule has 0 aliphatic heterocycles. The normalized spacial score (nSPS) is 14.9. The van der Waals surface area contributed by atoms with Crippen molar-refractivity contribution in [1.29, 1.82) is 0 Å². The van der Waals surface area contributed by atoms with Gasteiger partial charge in [-0.1, -0.05) is 25.3 Å². The molecule has 7 nitrogen and oxygen atoms in total. The van der Waals surface area contributed by atoms with E-state index < -0.39 is 0 Å². The van der Waals surface area contributed by atoms with Crippen LogP contribution in [0.15, 0.2) is 53.7 Å². The third-order valence-electron chi connectivity index (χ3n) is 6.22. The van der Waals surface area contributed by atoms with E-state index in [0.29, 0.717) is 29.1 Å². The van der Waals surface area contributed by atoms with Gasteiger partial charge in [-0.25, -0.2) is 4.98 Å². The zero-order valence-corrected chi connectivity index (χ0v) is 17.5. The fourth-order valence-electron chi connectivity index (χ4n) is 4.63. The van der Waals surface area contributed by atoms with Crippen molar-refractivity contribution in [3.05, 3.63) is 76.2 Å². The molecule has 3 heterocycles. The van der Waals surface area contributed by atoms with Gasteiger partial charge < -0.3 is 9.88 Å². The number of H-pyrrole nitrogens is 1. The van der Waals surface area contributed by atoms with Crippen molar-refractivity contribution in [2.45, 2.75) is 44.6 Å². The van der Waals surface area contributed by atoms with Crippen molar-refractivity contribution in [2.75, 3.05) is 7.05 Å². The molecule has 3 aromatic heterocycles. The minimum atomic E-state index is -0.158. The van der Waals surface area contributed by atoms with Crippen LogP contribution in [0.2, 0.25) is 0 Å². The maximum Gasteiger partial charge on any atom is 0.274 e. The van der Waals surface area contributed by atoms with E-state index in [1.807, 2.05) is 28.7 Å². The molecule has 1 aliphatic rings. The smallest absolute Gasteiger partial charge is 0.274 e. The largest absolute Gasteiger partial charge is 0.337 e. The minimum Gasteiger partial charge on any atom is -0.337 e. The zero-order valence-electron chi connectivity index (χ0n) is 17.5. The van der Waals surface area contributed by atoms with E-state index in [0.717, 1.165) is 29.7 Å². The second-order valence-corrected chi connectivity index (χ2v) is 8.38. The Hall–Kier alpha value is -3.48. The van der Waals surface area contributed by atoms with Crippen molar-refractivity contribution >= 4 is 22.5 Å². The van der Waals surface area contributed by atoms with Gasteiger partial charge in [-0.15, -0.1) is 0 Å². The van der Waals surface area contributed by atoms with Gasteiger partial charge >= 0.3 is 0 Å². The van der Waals surface area contributed by atoms with Gasteiger partial charge in [0.15, 0.2) is 0 Å². The molecule has 158 valence electrons. The molecular weight excluding hydrogens is 390 g/mol. The third kappa shape index (κ3) is 3.60. The first-order chi connectivity index (χ1) is 15.1. The number of hydrogen-bond donors (Lipinski definition) is 1. The summed E-state index contributed by atoms with van der Waals surface area (Å²) in [5.41, 5.74) is 3.44. The highest BCUT2D eigenvalue weighted by atomic mass is 16.2. The van der Waals surface area contributed by atoms with E-state index in [2.05, 4.69) is 15.0 Å². The zero-order chi connectivity index (χ0) is 21.4. The summed E-state index contributed by atoms with van der Waals surface area (Å²) >= 11 is 0. The van der Waals surface area contributed by atoms with Crippen molar-refractivity contribution in [3.63, 3.8) is 0 Å². The van der Waals surface area contributed by atoms with Gasteiger partial charge in [0.05, 0.1) is 17.2 Å². The number of carbonyl (C=O) groups excluding carboxylic acids is 1. The van der Waals surface area contributed by atoms with E-state index in [4.69, 9.17) is 0 Å². The lowest BCUT2D eigenvalue weighted by molar-refractivity contribution is 0.0785. The highest BCUT2D eigenvalue weighted by molar-refractivity contribution is 5.97. The molecule has 0 saturated heterocycles. The van der Waals surface area contributed by atoms with E-state index in [9.17, 15) is 9.59 Å². The molecule has 7 heteroatoms. The monoisotopic (exact) mass is 415 g/mol. The van der Waals surface area contributed by atoms with E-state index >= 15 is 0 Å². The maximum atomic E-state index is 13.1. The van der Waals surface area contributed by atoms with Crippen LogP contribution in [-0.4, -0.2) is 37.2 Å². The lowest BCUT2D eigenvalue weighted by Crippen LogP contribution is -2.26. The standard InChI is InChI=1S/C24H25N5O2/c1-28(15-16-6-5-11-25-13-16)24(31)18-9-10-19-20(12-18)29-21(23(30)27-19)14-26-22(29)17-7-3-2-4-8-17/h5-6,9-14,17H,2-4,7-8,15H2,1H3,(H,27,30). The van der Waals surface area contributed by atoms with Gasteiger partial charge in [0, 0.05) is 37.5 Å². The lowest BCUT2D eigenvalue weighted by Gasteiger charge is -2.21. The van der Waals surface area contributed by atoms with Crippen LogP contribution >= 0.6 is 0 Å². The van der Waals surface area contributed by atoms with Crippen LogP contribution < -0.4 is 5.56 Å². The second-order valence-electron chi connectivity index (χ2n) is 8.38. The van der Waals surface area contributed by atoms with Crippen LogP contribution in [0, 0.1) is 0 Å². The van der Waals surface area contributed by atoms with Gasteiger partial charge in [-0.3, -0.25) is 19.0 Å². The maximum absolute atomic E-state index is 13.1. The lowest BCUT2D eigenvalue weighted by atomic mass is 9.88. The average molecular weight is 415 g/mol. The first-order valence-corrected chi connectivity index (χ1v) is 10.8. The van der Waals surface area contributed by atoms with Crippen LogP contribution in [0.1, 0.15) is 59.8 Å². The Balaban J connectivity index is 1.57. The molecule has 1 amide bonds. The molecule has 0 radical (unpaired) electrons. The Morgan fingerprint density at radius 2 is 2.00 bits per heavy atom. The fourth-order valence-corrected chi connectivity index (χ4v) is 4.63. The summed E-state index contributed by atoms with van der Waals surface area (Å²) in [5.74, 6) is 1.19. The van der Waals surface area contributed by atoms with E-state index in [-0.39, 0.29) is 11.5 Å². The Morgan fingerprint density at radius 1 is 1.16 bits per heavy atom. The summed E-state index contributed by atoms with van der Waals surface area (Å²) in [6.45, 7) is 0.476. The topological polar surface area (TPSA) is 83.4 Å². The number of hydrogen-bond acceptors (Lipinski definition) is 4.